The number of hydrogen-bond acceptors (Lipinski definition) is 3. The van der Waals surface area contributed by atoms with Gasteiger partial charge in [-0.25, -0.2) is 4.39 Å². The summed E-state index contributed by atoms with van der Waals surface area (Å²) >= 11 is 0. The second-order valence-corrected chi connectivity index (χ2v) is 5.44. The van der Waals surface area contributed by atoms with Gasteiger partial charge in [0.25, 0.3) is 0 Å². The van der Waals surface area contributed by atoms with E-state index in [1.54, 1.807) is 6.07 Å². The van der Waals surface area contributed by atoms with Gasteiger partial charge in [0.2, 0.25) is 5.91 Å². The summed E-state index contributed by atoms with van der Waals surface area (Å²) in [4.78, 5) is 16.2. The number of benzene rings is 1. The summed E-state index contributed by atoms with van der Waals surface area (Å²) in [5.41, 5.74) is 0.653. The largest absolute Gasteiger partial charge is 0.367 e. The Bertz CT molecular complexity index is 472. The molecule has 116 valence electrons. The van der Waals surface area contributed by atoms with Crippen LogP contribution in [0, 0.1) is 5.82 Å². The molecule has 1 saturated heterocycles. The molecule has 1 aliphatic rings. The molecule has 1 N–H and O–H groups in total. The van der Waals surface area contributed by atoms with Crippen LogP contribution in [-0.2, 0) is 4.79 Å². The molecule has 0 saturated carbocycles. The number of carbonyl (C=O) groups is 1. The Morgan fingerprint density at radius 2 is 1.95 bits per heavy atom. The van der Waals surface area contributed by atoms with Crippen LogP contribution in [0.15, 0.2) is 24.3 Å². The Kier molecular flexibility index (Phi) is 5.56. The first-order valence-electron chi connectivity index (χ1n) is 7.64. The van der Waals surface area contributed by atoms with E-state index < -0.39 is 0 Å². The molecule has 0 aliphatic carbocycles. The lowest BCUT2D eigenvalue weighted by atomic mass is 10.2. The molecule has 1 aromatic rings. The molecule has 1 fully saturated rings. The topological polar surface area (TPSA) is 35.6 Å². The quantitative estimate of drug-likeness (QED) is 0.900. The first-order valence-corrected chi connectivity index (χ1v) is 7.64. The van der Waals surface area contributed by atoms with Crippen molar-refractivity contribution in [2.75, 3.05) is 37.6 Å². The Labute approximate surface area is 125 Å². The van der Waals surface area contributed by atoms with Gasteiger partial charge >= 0.3 is 0 Å². The highest BCUT2D eigenvalue weighted by Gasteiger charge is 2.26. The zero-order valence-corrected chi connectivity index (χ0v) is 12.8. The van der Waals surface area contributed by atoms with Crippen molar-refractivity contribution in [2.24, 2.45) is 0 Å². The number of rotatable bonds is 5. The average Bonchev–Trinajstić information content (AvgIpc) is 2.52. The van der Waals surface area contributed by atoms with E-state index in [0.29, 0.717) is 5.69 Å². The van der Waals surface area contributed by atoms with Crippen LogP contribution in [-0.4, -0.2) is 49.6 Å². The number of piperazine rings is 1. The standard InChI is InChI=1S/C16H24FN3O/c1-3-8-18-16(21)13(2)19-9-11-20(12-10-19)15-7-5-4-6-14(15)17/h4-7,13H,3,8-12H2,1-2H3,(H,18,21). The van der Waals surface area contributed by atoms with E-state index in [2.05, 4.69) is 10.2 Å². The minimum atomic E-state index is -0.181. The van der Waals surface area contributed by atoms with Crippen molar-refractivity contribution in [1.82, 2.24) is 10.2 Å². The summed E-state index contributed by atoms with van der Waals surface area (Å²) in [5, 5.41) is 2.93. The molecule has 1 amide bonds. The second kappa shape index (κ2) is 7.41. The summed E-state index contributed by atoms with van der Waals surface area (Å²) < 4.78 is 13.8. The number of nitrogens with zero attached hydrogens (tertiary/aromatic N) is 2. The van der Waals surface area contributed by atoms with Crippen molar-refractivity contribution in [2.45, 2.75) is 26.3 Å². The molecule has 1 aliphatic heterocycles. The Hall–Kier alpha value is -1.62. The minimum absolute atomic E-state index is 0.0798. The van der Waals surface area contributed by atoms with E-state index in [9.17, 15) is 9.18 Å². The van der Waals surface area contributed by atoms with Crippen LogP contribution in [0.1, 0.15) is 20.3 Å². The molecule has 0 radical (unpaired) electrons. The van der Waals surface area contributed by atoms with Gasteiger partial charge in [-0.3, -0.25) is 9.69 Å². The zero-order chi connectivity index (χ0) is 15.2. The van der Waals surface area contributed by atoms with Gasteiger partial charge in [0.15, 0.2) is 0 Å². The van der Waals surface area contributed by atoms with E-state index >= 15 is 0 Å². The Balaban J connectivity index is 1.88. The maximum atomic E-state index is 13.8. The fourth-order valence-electron chi connectivity index (χ4n) is 2.62. The van der Waals surface area contributed by atoms with E-state index in [1.165, 1.54) is 6.07 Å². The monoisotopic (exact) mass is 293 g/mol. The average molecular weight is 293 g/mol. The summed E-state index contributed by atoms with van der Waals surface area (Å²) in [6.45, 7) is 7.73. The first-order chi connectivity index (χ1) is 10.1. The van der Waals surface area contributed by atoms with Gasteiger partial charge in [-0.05, 0) is 25.5 Å². The maximum Gasteiger partial charge on any atom is 0.237 e. The highest BCUT2D eigenvalue weighted by molar-refractivity contribution is 5.81. The lowest BCUT2D eigenvalue weighted by Crippen LogP contribution is -2.54. The third-order valence-electron chi connectivity index (χ3n) is 3.98. The van der Waals surface area contributed by atoms with Crippen LogP contribution in [0.5, 0.6) is 0 Å². The highest BCUT2D eigenvalue weighted by Crippen LogP contribution is 2.20. The van der Waals surface area contributed by atoms with E-state index in [1.807, 2.05) is 30.9 Å². The first kappa shape index (κ1) is 15.8. The number of hydrogen-bond donors (Lipinski definition) is 1. The van der Waals surface area contributed by atoms with Gasteiger partial charge < -0.3 is 10.2 Å². The highest BCUT2D eigenvalue weighted by atomic mass is 19.1. The van der Waals surface area contributed by atoms with Crippen molar-refractivity contribution < 1.29 is 9.18 Å². The molecule has 2 rings (SSSR count). The number of para-hydroxylation sites is 1. The van der Waals surface area contributed by atoms with Crippen LogP contribution in [0.2, 0.25) is 0 Å². The van der Waals surface area contributed by atoms with Crippen LogP contribution in [0.25, 0.3) is 0 Å². The summed E-state index contributed by atoms with van der Waals surface area (Å²) in [6, 6.07) is 6.73. The van der Waals surface area contributed by atoms with Crippen molar-refractivity contribution in [3.8, 4) is 0 Å². The Morgan fingerprint density at radius 1 is 1.29 bits per heavy atom. The molecule has 5 heteroatoms. The van der Waals surface area contributed by atoms with Crippen molar-refractivity contribution in [1.29, 1.82) is 0 Å². The van der Waals surface area contributed by atoms with Crippen LogP contribution >= 0.6 is 0 Å². The van der Waals surface area contributed by atoms with Crippen molar-refractivity contribution >= 4 is 11.6 Å². The number of halogens is 1. The van der Waals surface area contributed by atoms with E-state index in [4.69, 9.17) is 0 Å². The third-order valence-corrected chi connectivity index (χ3v) is 3.98. The normalized spacial score (nSPS) is 17.6. The molecule has 1 atom stereocenters. The molecule has 1 heterocycles. The molecule has 21 heavy (non-hydrogen) atoms. The molecular formula is C16H24FN3O. The van der Waals surface area contributed by atoms with Crippen LogP contribution in [0.4, 0.5) is 10.1 Å². The third kappa shape index (κ3) is 3.94. The summed E-state index contributed by atoms with van der Waals surface area (Å²) in [6.07, 6.45) is 0.944. The number of carbonyl (C=O) groups excluding carboxylic acids is 1. The van der Waals surface area contributed by atoms with Crippen molar-refractivity contribution in [3.05, 3.63) is 30.1 Å². The smallest absolute Gasteiger partial charge is 0.237 e. The van der Waals surface area contributed by atoms with Gasteiger partial charge in [0.1, 0.15) is 5.82 Å². The molecular weight excluding hydrogens is 269 g/mol. The number of amides is 1. The van der Waals surface area contributed by atoms with Crippen molar-refractivity contribution in [3.63, 3.8) is 0 Å². The van der Waals surface area contributed by atoms with E-state index in [-0.39, 0.29) is 17.8 Å². The fourth-order valence-corrected chi connectivity index (χ4v) is 2.62. The molecule has 4 nitrogen and oxygen atoms in total. The maximum absolute atomic E-state index is 13.8. The molecule has 0 spiro atoms. The van der Waals surface area contributed by atoms with Gasteiger partial charge in [-0.15, -0.1) is 0 Å². The fraction of sp³-hybridized carbons (Fsp3) is 0.562. The predicted octanol–water partition coefficient (Wildman–Crippen LogP) is 1.86. The SMILES string of the molecule is CCCNC(=O)C(C)N1CCN(c2ccccc2F)CC1. The number of anilines is 1. The zero-order valence-electron chi connectivity index (χ0n) is 12.8. The summed E-state index contributed by atoms with van der Waals surface area (Å²) in [5.74, 6) is -0.101. The molecule has 1 aromatic carbocycles. The summed E-state index contributed by atoms with van der Waals surface area (Å²) in [7, 11) is 0. The molecule has 0 aromatic heterocycles. The molecule has 1 unspecified atom stereocenters. The predicted molar refractivity (Wildman–Crippen MR) is 82.9 cm³/mol. The van der Waals surface area contributed by atoms with E-state index in [0.717, 1.165) is 39.1 Å². The lowest BCUT2D eigenvalue weighted by Gasteiger charge is -2.38. The second-order valence-electron chi connectivity index (χ2n) is 5.44. The minimum Gasteiger partial charge on any atom is -0.367 e. The van der Waals surface area contributed by atoms with Crippen LogP contribution < -0.4 is 10.2 Å². The van der Waals surface area contributed by atoms with Gasteiger partial charge in [0, 0.05) is 32.7 Å². The number of nitrogens with one attached hydrogen (secondary N) is 1. The Morgan fingerprint density at radius 3 is 2.57 bits per heavy atom. The van der Waals surface area contributed by atoms with Gasteiger partial charge in [-0.2, -0.15) is 0 Å². The molecule has 0 bridgehead atoms. The lowest BCUT2D eigenvalue weighted by molar-refractivity contribution is -0.126. The van der Waals surface area contributed by atoms with Crippen LogP contribution in [0.3, 0.4) is 0 Å². The van der Waals surface area contributed by atoms with Gasteiger partial charge in [0.05, 0.1) is 11.7 Å². The van der Waals surface area contributed by atoms with Gasteiger partial charge in [-0.1, -0.05) is 19.1 Å².